The summed E-state index contributed by atoms with van der Waals surface area (Å²) < 4.78 is 22.8. The van der Waals surface area contributed by atoms with E-state index in [0.29, 0.717) is 40.0 Å². The number of nitriles is 1. The summed E-state index contributed by atoms with van der Waals surface area (Å²) in [5.41, 5.74) is 8.22. The number of nitrogens with zero attached hydrogens (tertiary/aromatic N) is 1. The van der Waals surface area contributed by atoms with Gasteiger partial charge in [0.05, 0.1) is 25.2 Å². The first-order chi connectivity index (χ1) is 17.9. The number of fused-ring (bicyclic) bond motifs is 1. The number of ether oxygens (including phenoxy) is 4. The van der Waals surface area contributed by atoms with Crippen molar-refractivity contribution in [2.45, 2.75) is 32.1 Å². The second-order valence-electron chi connectivity index (χ2n) is 8.49. The largest absolute Gasteiger partial charge is 0.493 e. The molecule has 0 saturated heterocycles. The van der Waals surface area contributed by atoms with Gasteiger partial charge >= 0.3 is 5.97 Å². The number of methoxy groups -OCH3 is 1. The van der Waals surface area contributed by atoms with Gasteiger partial charge in [-0.05, 0) is 48.4 Å². The molecule has 7 nitrogen and oxygen atoms in total. The minimum absolute atomic E-state index is 0.0165. The molecule has 0 aliphatic carbocycles. The lowest BCUT2D eigenvalue weighted by molar-refractivity contribution is 0.0734. The summed E-state index contributed by atoms with van der Waals surface area (Å²) in [6, 6.07) is 19.2. The minimum Gasteiger partial charge on any atom is -0.493 e. The van der Waals surface area contributed by atoms with Crippen LogP contribution in [-0.4, -0.2) is 19.7 Å². The Bertz CT molecular complexity index is 1380. The third kappa shape index (κ3) is 5.82. The van der Waals surface area contributed by atoms with E-state index >= 15 is 0 Å². The summed E-state index contributed by atoms with van der Waals surface area (Å²) in [5, 5.41) is 10.3. The Balaban J connectivity index is 1.64. The van der Waals surface area contributed by atoms with Gasteiger partial charge < -0.3 is 24.7 Å². The van der Waals surface area contributed by atoms with Gasteiger partial charge in [0, 0.05) is 16.7 Å². The van der Waals surface area contributed by atoms with Gasteiger partial charge in [0.25, 0.3) is 0 Å². The molecule has 3 aromatic carbocycles. The number of hydrogen-bond donors (Lipinski definition) is 1. The van der Waals surface area contributed by atoms with Crippen molar-refractivity contribution >= 4 is 17.6 Å². The highest BCUT2D eigenvalue weighted by Gasteiger charge is 2.32. The predicted octanol–water partition coefficient (Wildman–Crippen LogP) is 6.35. The van der Waals surface area contributed by atoms with Gasteiger partial charge in [-0.3, -0.25) is 0 Å². The van der Waals surface area contributed by atoms with Crippen molar-refractivity contribution in [3.8, 4) is 29.1 Å². The fourth-order valence-electron chi connectivity index (χ4n) is 4.14. The molecule has 0 saturated carbocycles. The molecule has 190 valence electrons. The SMILES string of the molecule is CCCCCOc1ccc(C2C(C#N)=C(N)Oc3cc(OC(=O)c4cccc(Cl)c4)ccc32)cc1OC. The first-order valence-electron chi connectivity index (χ1n) is 11.9. The fourth-order valence-corrected chi connectivity index (χ4v) is 4.33. The highest BCUT2D eigenvalue weighted by Crippen LogP contribution is 2.45. The van der Waals surface area contributed by atoms with Crippen molar-refractivity contribution in [1.82, 2.24) is 0 Å². The van der Waals surface area contributed by atoms with Crippen molar-refractivity contribution in [2.24, 2.45) is 5.73 Å². The van der Waals surface area contributed by atoms with Gasteiger partial charge in [-0.2, -0.15) is 5.26 Å². The van der Waals surface area contributed by atoms with E-state index in [4.69, 9.17) is 36.3 Å². The van der Waals surface area contributed by atoms with Crippen LogP contribution in [0.15, 0.2) is 72.1 Å². The molecule has 1 unspecified atom stereocenters. The number of benzene rings is 3. The number of allylic oxidation sites excluding steroid dienone is 1. The number of carbonyl (C=O) groups excluding carboxylic acids is 1. The first-order valence-corrected chi connectivity index (χ1v) is 12.3. The van der Waals surface area contributed by atoms with Crippen molar-refractivity contribution in [2.75, 3.05) is 13.7 Å². The number of esters is 1. The van der Waals surface area contributed by atoms with Crippen molar-refractivity contribution in [1.29, 1.82) is 5.26 Å². The maximum Gasteiger partial charge on any atom is 0.343 e. The molecule has 1 atom stereocenters. The van der Waals surface area contributed by atoms with Gasteiger partial charge in [0.1, 0.15) is 23.1 Å². The summed E-state index contributed by atoms with van der Waals surface area (Å²) in [6.45, 7) is 2.73. The standard InChI is InChI=1S/C29H27ClN2O5/c1-3-4-5-13-35-24-12-9-18(15-26(24)34-2)27-22-11-10-21(16-25(22)37-28(32)23(27)17-31)36-29(33)19-7-6-8-20(30)14-19/h6-12,14-16,27H,3-5,13,32H2,1-2H3. The molecule has 0 radical (unpaired) electrons. The lowest BCUT2D eigenvalue weighted by atomic mass is 9.83. The normalized spacial score (nSPS) is 14.3. The van der Waals surface area contributed by atoms with E-state index in [0.717, 1.165) is 24.8 Å². The van der Waals surface area contributed by atoms with Crippen LogP contribution in [0, 0.1) is 11.3 Å². The van der Waals surface area contributed by atoms with Crippen LogP contribution >= 0.6 is 11.6 Å². The zero-order chi connectivity index (χ0) is 26.4. The highest BCUT2D eigenvalue weighted by molar-refractivity contribution is 6.30. The molecule has 4 rings (SSSR count). The maximum absolute atomic E-state index is 12.6. The third-order valence-electron chi connectivity index (χ3n) is 5.99. The molecule has 37 heavy (non-hydrogen) atoms. The summed E-state index contributed by atoms with van der Waals surface area (Å²) in [4.78, 5) is 12.6. The molecular weight excluding hydrogens is 492 g/mol. The van der Waals surface area contributed by atoms with E-state index in [1.807, 2.05) is 18.2 Å². The molecule has 0 bridgehead atoms. The molecule has 0 amide bonds. The van der Waals surface area contributed by atoms with Crippen LogP contribution in [0.5, 0.6) is 23.0 Å². The Labute approximate surface area is 221 Å². The zero-order valence-corrected chi connectivity index (χ0v) is 21.4. The van der Waals surface area contributed by atoms with Crippen LogP contribution in [0.2, 0.25) is 5.02 Å². The van der Waals surface area contributed by atoms with E-state index in [2.05, 4.69) is 13.0 Å². The van der Waals surface area contributed by atoms with Crippen LogP contribution in [0.1, 0.15) is 53.6 Å². The molecule has 0 spiro atoms. The third-order valence-corrected chi connectivity index (χ3v) is 6.22. The molecule has 8 heteroatoms. The van der Waals surface area contributed by atoms with Gasteiger partial charge in [-0.15, -0.1) is 0 Å². The average Bonchev–Trinajstić information content (AvgIpc) is 2.90. The lowest BCUT2D eigenvalue weighted by Crippen LogP contribution is -2.21. The Morgan fingerprint density at radius 2 is 1.95 bits per heavy atom. The quantitative estimate of drug-likeness (QED) is 0.200. The van der Waals surface area contributed by atoms with Crippen molar-refractivity contribution < 1.29 is 23.7 Å². The summed E-state index contributed by atoms with van der Waals surface area (Å²) >= 11 is 5.98. The Kier molecular flexibility index (Phi) is 8.22. The fraction of sp³-hybridized carbons (Fsp3) is 0.241. The Morgan fingerprint density at radius 3 is 2.68 bits per heavy atom. The lowest BCUT2D eigenvalue weighted by Gasteiger charge is -2.27. The maximum atomic E-state index is 12.6. The smallest absolute Gasteiger partial charge is 0.343 e. The first kappa shape index (κ1) is 25.9. The predicted molar refractivity (Wildman–Crippen MR) is 140 cm³/mol. The molecule has 0 aromatic heterocycles. The molecule has 0 fully saturated rings. The second kappa shape index (κ2) is 11.7. The van der Waals surface area contributed by atoms with E-state index in [1.165, 1.54) is 6.07 Å². The average molecular weight is 519 g/mol. The van der Waals surface area contributed by atoms with Crippen LogP contribution in [0.25, 0.3) is 0 Å². The number of halogens is 1. The number of carbonyl (C=O) groups is 1. The molecular formula is C29H27ClN2O5. The van der Waals surface area contributed by atoms with E-state index < -0.39 is 11.9 Å². The van der Waals surface area contributed by atoms with Crippen LogP contribution in [0.3, 0.4) is 0 Å². The highest BCUT2D eigenvalue weighted by atomic mass is 35.5. The van der Waals surface area contributed by atoms with Crippen LogP contribution < -0.4 is 24.7 Å². The Morgan fingerprint density at radius 1 is 1.11 bits per heavy atom. The molecule has 2 N–H and O–H groups in total. The van der Waals surface area contributed by atoms with E-state index in [-0.39, 0.29) is 17.2 Å². The van der Waals surface area contributed by atoms with E-state index in [1.54, 1.807) is 43.5 Å². The Hall–Kier alpha value is -4.15. The number of rotatable bonds is 9. The van der Waals surface area contributed by atoms with E-state index in [9.17, 15) is 10.1 Å². The van der Waals surface area contributed by atoms with Crippen LogP contribution in [-0.2, 0) is 0 Å². The molecule has 1 heterocycles. The van der Waals surface area contributed by atoms with Crippen LogP contribution in [0.4, 0.5) is 0 Å². The number of hydrogen-bond acceptors (Lipinski definition) is 7. The van der Waals surface area contributed by atoms with Gasteiger partial charge in [-0.1, -0.05) is 49.6 Å². The second-order valence-corrected chi connectivity index (χ2v) is 8.93. The zero-order valence-electron chi connectivity index (χ0n) is 20.6. The number of unbranched alkanes of at least 4 members (excludes halogenated alkanes) is 2. The summed E-state index contributed by atoms with van der Waals surface area (Å²) in [5.74, 6) is 0.765. The molecule has 3 aromatic rings. The number of nitrogens with two attached hydrogens (primary N) is 1. The summed E-state index contributed by atoms with van der Waals surface area (Å²) in [7, 11) is 1.58. The monoisotopic (exact) mass is 518 g/mol. The molecule has 1 aliphatic heterocycles. The van der Waals surface area contributed by atoms with Gasteiger partial charge in [0.15, 0.2) is 11.5 Å². The van der Waals surface area contributed by atoms with Crippen molar-refractivity contribution in [3.63, 3.8) is 0 Å². The topological polar surface area (TPSA) is 104 Å². The minimum atomic E-state index is -0.560. The van der Waals surface area contributed by atoms with Gasteiger partial charge in [0.2, 0.25) is 5.88 Å². The van der Waals surface area contributed by atoms with Crippen molar-refractivity contribution in [3.05, 3.63) is 93.8 Å². The van der Waals surface area contributed by atoms with Gasteiger partial charge in [-0.25, -0.2) is 4.79 Å². The molecule has 1 aliphatic rings. The summed E-state index contributed by atoms with van der Waals surface area (Å²) in [6.07, 6.45) is 3.15.